The summed E-state index contributed by atoms with van der Waals surface area (Å²) < 4.78 is 0. The molecule has 0 aromatic heterocycles. The summed E-state index contributed by atoms with van der Waals surface area (Å²) in [5.74, 6) is -5.27. The fourth-order valence-electron chi connectivity index (χ4n) is 2.99. The van der Waals surface area contributed by atoms with Crippen LogP contribution in [0.1, 0.15) is 33.1 Å². The van der Waals surface area contributed by atoms with Crippen LogP contribution in [-0.2, 0) is 19.2 Å². The third kappa shape index (κ3) is 3.93. The maximum Gasteiger partial charge on any atom is 0.340 e. The Kier molecular flexibility index (Phi) is 7.82. The highest BCUT2D eigenvalue weighted by Gasteiger charge is 2.58. The molecule has 10 nitrogen and oxygen atoms in total. The Hall–Kier alpha value is -1.88. The van der Waals surface area contributed by atoms with E-state index in [9.17, 15) is 29.4 Å². The first kappa shape index (κ1) is 22.2. The zero-order valence-electron chi connectivity index (χ0n) is 15.1. The Labute approximate surface area is 151 Å². The number of carboxylic acid groups (broad SMARTS) is 1. The molecule has 0 radical (unpaired) electrons. The first-order chi connectivity index (χ1) is 12.2. The molecule has 4 unspecified atom stereocenters. The number of aliphatic hydroxyl groups is 1. The van der Waals surface area contributed by atoms with E-state index < -0.39 is 54.3 Å². The molecule has 148 valence electrons. The van der Waals surface area contributed by atoms with Gasteiger partial charge in [0.1, 0.15) is 0 Å². The summed E-state index contributed by atoms with van der Waals surface area (Å²) in [6.07, 6.45) is 1.46. The quantitative estimate of drug-likeness (QED) is 0.281. The Bertz CT molecular complexity index is 563. The van der Waals surface area contributed by atoms with Gasteiger partial charge in [-0.05, 0) is 25.3 Å². The van der Waals surface area contributed by atoms with Gasteiger partial charge >= 0.3 is 5.97 Å². The minimum Gasteiger partial charge on any atom is -0.479 e. The lowest BCUT2D eigenvalue weighted by molar-refractivity contribution is -0.174. The van der Waals surface area contributed by atoms with Crippen LogP contribution in [0.5, 0.6) is 0 Å². The molecule has 7 N–H and O–H groups in total. The van der Waals surface area contributed by atoms with Gasteiger partial charge in [-0.25, -0.2) is 4.79 Å². The molecule has 1 heterocycles. The molecule has 0 bridgehead atoms. The minimum atomic E-state index is -2.76. The Morgan fingerprint density at radius 1 is 1.35 bits per heavy atom. The second-order valence-corrected chi connectivity index (χ2v) is 6.52. The number of ketones is 1. The standard InChI is InChI=1S/C16H28N4O6/c1-3-9(2)12(18)14(24)20(11(22)7-17)16(8-21,15(25)26)13(23)10-5-4-6-19-10/h9-10,12,19,21H,3-8,17-18H2,1-2H3,(H,25,26). The van der Waals surface area contributed by atoms with Crippen molar-refractivity contribution in [2.75, 3.05) is 19.7 Å². The van der Waals surface area contributed by atoms with Crippen LogP contribution in [0.2, 0.25) is 0 Å². The smallest absolute Gasteiger partial charge is 0.340 e. The van der Waals surface area contributed by atoms with Crippen molar-refractivity contribution < 1.29 is 29.4 Å². The molecule has 2 amide bonds. The number of aliphatic hydroxyl groups excluding tert-OH is 1. The average molecular weight is 372 g/mol. The normalized spacial score (nSPS) is 21.5. The van der Waals surface area contributed by atoms with Crippen LogP contribution in [0, 0.1) is 5.92 Å². The van der Waals surface area contributed by atoms with E-state index in [-0.39, 0.29) is 10.8 Å². The predicted molar refractivity (Wildman–Crippen MR) is 91.8 cm³/mol. The van der Waals surface area contributed by atoms with Crippen molar-refractivity contribution in [1.29, 1.82) is 0 Å². The third-order valence-corrected chi connectivity index (χ3v) is 4.94. The van der Waals surface area contributed by atoms with Gasteiger partial charge in [0, 0.05) is 0 Å². The van der Waals surface area contributed by atoms with Gasteiger partial charge in [0.05, 0.1) is 25.2 Å². The SMILES string of the molecule is CCC(C)C(N)C(=O)N(C(=O)CN)C(CO)(C(=O)O)C(=O)C1CCCN1. The number of carbonyl (C=O) groups is 4. The molecule has 1 aliphatic heterocycles. The van der Waals surface area contributed by atoms with Gasteiger partial charge in [-0.3, -0.25) is 19.3 Å². The van der Waals surface area contributed by atoms with Crippen molar-refractivity contribution in [2.24, 2.45) is 17.4 Å². The van der Waals surface area contributed by atoms with Crippen LogP contribution < -0.4 is 16.8 Å². The van der Waals surface area contributed by atoms with Crippen LogP contribution in [0.4, 0.5) is 0 Å². The van der Waals surface area contributed by atoms with Gasteiger partial charge in [0.2, 0.25) is 17.4 Å². The number of nitrogens with two attached hydrogens (primary N) is 2. The van der Waals surface area contributed by atoms with E-state index in [4.69, 9.17) is 11.5 Å². The van der Waals surface area contributed by atoms with Gasteiger partial charge in [0.25, 0.3) is 0 Å². The molecule has 1 fully saturated rings. The summed E-state index contributed by atoms with van der Waals surface area (Å²) in [4.78, 5) is 50.5. The van der Waals surface area contributed by atoms with E-state index in [0.29, 0.717) is 25.8 Å². The summed E-state index contributed by atoms with van der Waals surface area (Å²) in [7, 11) is 0. The van der Waals surface area contributed by atoms with Gasteiger partial charge in [-0.15, -0.1) is 0 Å². The Morgan fingerprint density at radius 2 is 1.96 bits per heavy atom. The lowest BCUT2D eigenvalue weighted by Crippen LogP contribution is -2.71. The zero-order valence-corrected chi connectivity index (χ0v) is 15.1. The zero-order chi connectivity index (χ0) is 20.1. The average Bonchev–Trinajstić information content (AvgIpc) is 3.17. The molecule has 1 aliphatic rings. The number of Topliss-reactive ketones (excluding diaryl/α,β-unsaturated/α-hetero) is 1. The van der Waals surface area contributed by atoms with Crippen molar-refractivity contribution in [1.82, 2.24) is 10.2 Å². The molecule has 0 aromatic rings. The van der Waals surface area contributed by atoms with E-state index in [1.54, 1.807) is 13.8 Å². The number of carbonyl (C=O) groups excluding carboxylic acids is 3. The fourth-order valence-corrected chi connectivity index (χ4v) is 2.99. The molecule has 0 aromatic carbocycles. The molecule has 26 heavy (non-hydrogen) atoms. The number of carboxylic acids is 1. The van der Waals surface area contributed by atoms with E-state index in [1.165, 1.54) is 0 Å². The van der Waals surface area contributed by atoms with E-state index in [0.717, 1.165) is 0 Å². The van der Waals surface area contributed by atoms with Gasteiger partial charge < -0.3 is 27.0 Å². The Morgan fingerprint density at radius 3 is 2.35 bits per heavy atom. The van der Waals surface area contributed by atoms with E-state index >= 15 is 0 Å². The highest BCUT2D eigenvalue weighted by Crippen LogP contribution is 2.25. The maximum absolute atomic E-state index is 12.9. The number of hydrogen-bond acceptors (Lipinski definition) is 8. The topological polar surface area (TPSA) is 176 Å². The first-order valence-electron chi connectivity index (χ1n) is 8.63. The van der Waals surface area contributed by atoms with Crippen LogP contribution in [-0.4, -0.2) is 76.0 Å². The van der Waals surface area contributed by atoms with Crippen molar-refractivity contribution in [3.8, 4) is 0 Å². The number of hydrogen-bond donors (Lipinski definition) is 5. The number of nitrogens with one attached hydrogen (secondary N) is 1. The van der Waals surface area contributed by atoms with Crippen LogP contribution in [0.3, 0.4) is 0 Å². The minimum absolute atomic E-state index is 0.258. The lowest BCUT2D eigenvalue weighted by Gasteiger charge is -2.39. The summed E-state index contributed by atoms with van der Waals surface area (Å²) >= 11 is 0. The van der Waals surface area contributed by atoms with Crippen molar-refractivity contribution in [3.63, 3.8) is 0 Å². The number of rotatable bonds is 9. The van der Waals surface area contributed by atoms with Crippen LogP contribution in [0.25, 0.3) is 0 Å². The molecule has 0 saturated carbocycles. The molecule has 4 atom stereocenters. The Balaban J connectivity index is 3.47. The van der Waals surface area contributed by atoms with Gasteiger partial charge in [-0.2, -0.15) is 0 Å². The number of aliphatic carboxylic acids is 1. The third-order valence-electron chi connectivity index (χ3n) is 4.94. The maximum atomic E-state index is 12.9. The summed E-state index contributed by atoms with van der Waals surface area (Å²) in [6, 6.07) is -2.11. The molecule has 0 spiro atoms. The summed E-state index contributed by atoms with van der Waals surface area (Å²) in [5.41, 5.74) is 8.46. The van der Waals surface area contributed by atoms with Crippen LogP contribution >= 0.6 is 0 Å². The predicted octanol–water partition coefficient (Wildman–Crippen LogP) is -2.19. The highest BCUT2D eigenvalue weighted by atomic mass is 16.4. The van der Waals surface area contributed by atoms with Crippen molar-refractivity contribution >= 4 is 23.6 Å². The number of imide groups is 1. The molecular weight excluding hydrogens is 344 g/mol. The molecule has 1 rings (SSSR count). The summed E-state index contributed by atoms with van der Waals surface area (Å²) in [5, 5.41) is 22.5. The van der Waals surface area contributed by atoms with Crippen LogP contribution in [0.15, 0.2) is 0 Å². The number of amides is 2. The monoisotopic (exact) mass is 372 g/mol. The highest BCUT2D eigenvalue weighted by molar-refractivity contribution is 6.17. The molecule has 1 saturated heterocycles. The molecular formula is C16H28N4O6. The second-order valence-electron chi connectivity index (χ2n) is 6.52. The van der Waals surface area contributed by atoms with Crippen molar-refractivity contribution in [3.05, 3.63) is 0 Å². The summed E-state index contributed by atoms with van der Waals surface area (Å²) in [6.45, 7) is 1.96. The number of nitrogens with zero attached hydrogens (tertiary/aromatic N) is 1. The van der Waals surface area contributed by atoms with Gasteiger partial charge in [0.15, 0.2) is 5.78 Å². The fraction of sp³-hybridized carbons (Fsp3) is 0.750. The van der Waals surface area contributed by atoms with Gasteiger partial charge in [-0.1, -0.05) is 20.3 Å². The largest absolute Gasteiger partial charge is 0.479 e. The first-order valence-corrected chi connectivity index (χ1v) is 8.63. The molecule has 10 heteroatoms. The lowest BCUT2D eigenvalue weighted by atomic mass is 9.85. The molecule has 0 aliphatic carbocycles. The van der Waals surface area contributed by atoms with E-state index in [1.807, 2.05) is 0 Å². The van der Waals surface area contributed by atoms with Crippen molar-refractivity contribution in [2.45, 2.75) is 50.7 Å². The van der Waals surface area contributed by atoms with E-state index in [2.05, 4.69) is 5.32 Å². The second kappa shape index (κ2) is 9.17.